The molecule has 1 aliphatic carbocycles. The zero-order valence-electron chi connectivity index (χ0n) is 21.6. The van der Waals surface area contributed by atoms with Crippen molar-refractivity contribution in [3.63, 3.8) is 0 Å². The van der Waals surface area contributed by atoms with E-state index in [1.165, 1.54) is 19.3 Å². The first kappa shape index (κ1) is 24.7. The van der Waals surface area contributed by atoms with Crippen LogP contribution in [0.4, 0.5) is 0 Å². The van der Waals surface area contributed by atoms with Crippen molar-refractivity contribution in [2.75, 3.05) is 0 Å². The van der Waals surface area contributed by atoms with E-state index < -0.39 is 5.97 Å². The molecule has 1 aromatic heterocycles. The minimum atomic E-state index is -0.943. The Morgan fingerprint density at radius 3 is 2.36 bits per heavy atom. The Hall–Kier alpha value is -4.58. The summed E-state index contributed by atoms with van der Waals surface area (Å²) < 4.78 is 14.4. The molecule has 0 atom stereocenters. The second kappa shape index (κ2) is 11.0. The molecule has 6 heteroatoms. The summed E-state index contributed by atoms with van der Waals surface area (Å²) in [6, 6.07) is 31.2. The zero-order valence-corrected chi connectivity index (χ0v) is 21.6. The zero-order chi connectivity index (χ0) is 26.6. The van der Waals surface area contributed by atoms with Crippen molar-refractivity contribution in [3.8, 4) is 28.6 Å². The number of nitrogens with zero attached hydrogens (tertiary/aromatic N) is 2. The molecule has 0 bridgehead atoms. The Kier molecular flexibility index (Phi) is 7.00. The predicted molar refractivity (Wildman–Crippen MR) is 152 cm³/mol. The lowest BCUT2D eigenvalue weighted by atomic mass is 9.95. The number of hydrogen-bond donors (Lipinski definition) is 1. The third-order valence-corrected chi connectivity index (χ3v) is 7.28. The Labute approximate surface area is 227 Å². The Morgan fingerprint density at radius 1 is 0.821 bits per heavy atom. The highest BCUT2D eigenvalue weighted by Crippen LogP contribution is 2.37. The van der Waals surface area contributed by atoms with Crippen LogP contribution in [-0.2, 0) is 6.61 Å². The van der Waals surface area contributed by atoms with Gasteiger partial charge in [0.25, 0.3) is 0 Å². The number of carbonyl (C=O) groups is 1. The summed E-state index contributed by atoms with van der Waals surface area (Å²) in [5, 5.41) is 9.48. The van der Waals surface area contributed by atoms with E-state index in [4.69, 9.17) is 14.5 Å². The third kappa shape index (κ3) is 5.50. The molecule has 4 aromatic carbocycles. The average Bonchev–Trinajstić information content (AvgIpc) is 3.36. The summed E-state index contributed by atoms with van der Waals surface area (Å²) in [6.45, 7) is 0.495. The van der Waals surface area contributed by atoms with Gasteiger partial charge in [0.05, 0.1) is 16.6 Å². The normalized spacial score (nSPS) is 13.8. The number of carboxylic acid groups (broad SMARTS) is 1. The van der Waals surface area contributed by atoms with Crippen molar-refractivity contribution in [3.05, 3.63) is 108 Å². The van der Waals surface area contributed by atoms with E-state index in [0.717, 1.165) is 41.1 Å². The summed E-state index contributed by atoms with van der Waals surface area (Å²) in [5.74, 6) is 2.08. The number of aromatic carboxylic acids is 1. The van der Waals surface area contributed by atoms with Crippen LogP contribution in [-0.4, -0.2) is 20.6 Å². The largest absolute Gasteiger partial charge is 0.489 e. The molecule has 6 nitrogen and oxygen atoms in total. The van der Waals surface area contributed by atoms with E-state index in [-0.39, 0.29) is 5.56 Å². The highest BCUT2D eigenvalue weighted by molar-refractivity contribution is 5.93. The lowest BCUT2D eigenvalue weighted by Crippen LogP contribution is -2.14. The Balaban J connectivity index is 1.24. The van der Waals surface area contributed by atoms with Crippen LogP contribution in [0.25, 0.3) is 22.4 Å². The number of hydrogen-bond acceptors (Lipinski definition) is 4. The fourth-order valence-electron chi connectivity index (χ4n) is 5.32. The smallest absolute Gasteiger partial charge is 0.335 e. The van der Waals surface area contributed by atoms with Gasteiger partial charge in [-0.05, 0) is 73.0 Å². The first-order valence-corrected chi connectivity index (χ1v) is 13.4. The number of fused-ring (bicyclic) bond motifs is 1. The van der Waals surface area contributed by atoms with Gasteiger partial charge in [0, 0.05) is 17.7 Å². The van der Waals surface area contributed by atoms with Crippen LogP contribution < -0.4 is 9.47 Å². The molecule has 39 heavy (non-hydrogen) atoms. The van der Waals surface area contributed by atoms with Crippen molar-refractivity contribution in [2.24, 2.45) is 0 Å². The van der Waals surface area contributed by atoms with Gasteiger partial charge in [0.1, 0.15) is 29.7 Å². The molecule has 0 saturated heterocycles. The maximum atomic E-state index is 11.6. The number of carboxylic acids is 1. The molecule has 196 valence electrons. The SMILES string of the molecule is O=C(O)c1ccc2c(c1)nc(-c1ccc(Oc3cccc(OCc4ccccc4)c3)cc1)n2C1CCCCC1. The number of benzene rings is 4. The summed E-state index contributed by atoms with van der Waals surface area (Å²) in [4.78, 5) is 16.5. The van der Waals surface area contributed by atoms with Crippen molar-refractivity contribution in [2.45, 2.75) is 44.8 Å². The number of aromatic nitrogens is 2. The van der Waals surface area contributed by atoms with Gasteiger partial charge in [0.15, 0.2) is 0 Å². The van der Waals surface area contributed by atoms with Crippen molar-refractivity contribution >= 4 is 17.0 Å². The van der Waals surface area contributed by atoms with E-state index in [9.17, 15) is 9.90 Å². The maximum Gasteiger partial charge on any atom is 0.335 e. The van der Waals surface area contributed by atoms with Gasteiger partial charge in [-0.1, -0.05) is 55.7 Å². The summed E-state index contributed by atoms with van der Waals surface area (Å²) in [6.07, 6.45) is 5.84. The van der Waals surface area contributed by atoms with Crippen LogP contribution in [0.1, 0.15) is 54.1 Å². The molecular weight excluding hydrogens is 488 g/mol. The summed E-state index contributed by atoms with van der Waals surface area (Å²) in [5.41, 5.74) is 4.03. The molecule has 0 radical (unpaired) electrons. The van der Waals surface area contributed by atoms with E-state index in [1.807, 2.05) is 84.9 Å². The number of imidazole rings is 1. The summed E-state index contributed by atoms with van der Waals surface area (Å²) >= 11 is 0. The highest BCUT2D eigenvalue weighted by Gasteiger charge is 2.23. The molecule has 5 aromatic rings. The van der Waals surface area contributed by atoms with Crippen molar-refractivity contribution < 1.29 is 19.4 Å². The van der Waals surface area contributed by atoms with Crippen molar-refractivity contribution in [1.29, 1.82) is 0 Å². The van der Waals surface area contributed by atoms with E-state index in [2.05, 4.69) is 4.57 Å². The first-order chi connectivity index (χ1) is 19.1. The Bertz CT molecular complexity index is 1590. The standard InChI is InChI=1S/C33H30N2O4/c36-33(37)25-16-19-31-30(20-25)34-32(35(31)26-10-5-2-6-11-26)24-14-17-27(18-15-24)39-29-13-7-12-28(21-29)38-22-23-8-3-1-4-9-23/h1,3-4,7-9,12-21,26H,2,5-6,10-11,22H2,(H,36,37). The van der Waals surface area contributed by atoms with Gasteiger partial charge >= 0.3 is 5.97 Å². The van der Waals surface area contributed by atoms with Gasteiger partial charge in [-0.3, -0.25) is 0 Å². The molecule has 0 aliphatic heterocycles. The van der Waals surface area contributed by atoms with Crippen LogP contribution in [0.3, 0.4) is 0 Å². The molecule has 0 spiro atoms. The third-order valence-electron chi connectivity index (χ3n) is 7.28. The van der Waals surface area contributed by atoms with Gasteiger partial charge in [-0.2, -0.15) is 0 Å². The molecule has 0 amide bonds. The number of rotatable bonds is 8. The van der Waals surface area contributed by atoms with Gasteiger partial charge in [-0.25, -0.2) is 9.78 Å². The van der Waals surface area contributed by atoms with Crippen LogP contribution in [0.5, 0.6) is 17.2 Å². The van der Waals surface area contributed by atoms with Crippen LogP contribution in [0.15, 0.2) is 97.1 Å². The highest BCUT2D eigenvalue weighted by atomic mass is 16.5. The maximum absolute atomic E-state index is 11.6. The van der Waals surface area contributed by atoms with Crippen LogP contribution >= 0.6 is 0 Å². The minimum absolute atomic E-state index is 0.251. The minimum Gasteiger partial charge on any atom is -0.489 e. The van der Waals surface area contributed by atoms with Gasteiger partial charge < -0.3 is 19.1 Å². The predicted octanol–water partition coefficient (Wildman–Crippen LogP) is 8.28. The molecule has 1 aliphatic rings. The lowest BCUT2D eigenvalue weighted by Gasteiger charge is -2.25. The van der Waals surface area contributed by atoms with E-state index in [1.54, 1.807) is 12.1 Å². The van der Waals surface area contributed by atoms with E-state index in [0.29, 0.717) is 29.7 Å². The average molecular weight is 519 g/mol. The molecule has 0 unspecified atom stereocenters. The van der Waals surface area contributed by atoms with Crippen LogP contribution in [0, 0.1) is 0 Å². The fraction of sp³-hybridized carbons (Fsp3) is 0.212. The molecule has 1 saturated carbocycles. The number of ether oxygens (including phenoxy) is 2. The quantitative estimate of drug-likeness (QED) is 0.224. The van der Waals surface area contributed by atoms with E-state index >= 15 is 0 Å². The molecular formula is C33H30N2O4. The molecule has 1 N–H and O–H groups in total. The molecule has 1 heterocycles. The van der Waals surface area contributed by atoms with Gasteiger partial charge in [-0.15, -0.1) is 0 Å². The van der Waals surface area contributed by atoms with Crippen molar-refractivity contribution in [1.82, 2.24) is 9.55 Å². The second-order valence-corrected chi connectivity index (χ2v) is 9.98. The first-order valence-electron chi connectivity index (χ1n) is 13.4. The molecule has 1 fully saturated rings. The van der Waals surface area contributed by atoms with Crippen LogP contribution in [0.2, 0.25) is 0 Å². The Morgan fingerprint density at radius 2 is 1.59 bits per heavy atom. The lowest BCUT2D eigenvalue weighted by molar-refractivity contribution is 0.0697. The monoisotopic (exact) mass is 518 g/mol. The molecule has 6 rings (SSSR count). The summed E-state index contributed by atoms with van der Waals surface area (Å²) in [7, 11) is 0. The fourth-order valence-corrected chi connectivity index (χ4v) is 5.32. The topological polar surface area (TPSA) is 73.6 Å². The second-order valence-electron chi connectivity index (χ2n) is 9.98. The van der Waals surface area contributed by atoms with Gasteiger partial charge in [0.2, 0.25) is 0 Å².